The lowest BCUT2D eigenvalue weighted by Crippen LogP contribution is -2.26. The zero-order chi connectivity index (χ0) is 14.2. The van der Waals surface area contributed by atoms with Gasteiger partial charge in [0, 0.05) is 25.5 Å². The molecular formula is C15H16N2O2S. The normalized spacial score (nSPS) is 15.2. The Morgan fingerprint density at radius 3 is 2.65 bits per heavy atom. The van der Waals surface area contributed by atoms with Gasteiger partial charge in [0.1, 0.15) is 0 Å². The molecule has 1 aromatic carbocycles. The highest BCUT2D eigenvalue weighted by Gasteiger charge is 2.31. The van der Waals surface area contributed by atoms with Crippen LogP contribution in [0.2, 0.25) is 0 Å². The summed E-state index contributed by atoms with van der Waals surface area (Å²) in [5.74, 6) is 0. The molecule has 0 aliphatic carbocycles. The highest BCUT2D eigenvalue weighted by atomic mass is 32.2. The van der Waals surface area contributed by atoms with Crippen molar-refractivity contribution in [2.24, 2.45) is 0 Å². The Balaban J connectivity index is 1.99. The van der Waals surface area contributed by atoms with E-state index in [9.17, 15) is 8.42 Å². The summed E-state index contributed by atoms with van der Waals surface area (Å²) in [7, 11) is -3.44. The van der Waals surface area contributed by atoms with E-state index in [-0.39, 0.29) is 0 Å². The van der Waals surface area contributed by atoms with Gasteiger partial charge in [-0.1, -0.05) is 25.1 Å². The van der Waals surface area contributed by atoms with Crippen molar-refractivity contribution in [2.45, 2.75) is 31.3 Å². The van der Waals surface area contributed by atoms with Gasteiger partial charge in [-0.25, -0.2) is 8.42 Å². The van der Waals surface area contributed by atoms with Gasteiger partial charge in [-0.2, -0.15) is 4.31 Å². The van der Waals surface area contributed by atoms with Gasteiger partial charge in [0.05, 0.1) is 4.90 Å². The molecule has 0 saturated carbocycles. The number of nitrogens with zero attached hydrogens (tertiary/aromatic N) is 2. The van der Waals surface area contributed by atoms with Gasteiger partial charge in [-0.05, 0) is 35.2 Å². The van der Waals surface area contributed by atoms with Gasteiger partial charge >= 0.3 is 0 Å². The van der Waals surface area contributed by atoms with Gasteiger partial charge in [0.2, 0.25) is 10.0 Å². The average Bonchev–Trinajstić information content (AvgIpc) is 2.92. The molecule has 0 atom stereocenters. The first-order valence-electron chi connectivity index (χ1n) is 6.62. The first-order chi connectivity index (χ1) is 9.63. The molecule has 2 heterocycles. The Bertz CT molecular complexity index is 716. The summed E-state index contributed by atoms with van der Waals surface area (Å²) in [6.45, 7) is 2.80. The molecule has 20 heavy (non-hydrogen) atoms. The molecule has 0 fully saturated rings. The number of sulfonamides is 1. The lowest BCUT2D eigenvalue weighted by atomic mass is 10.2. The molecule has 0 saturated heterocycles. The SMILES string of the molecule is CCc1ccccc1S(=O)(=O)N1Cc2ccncc2C1. The second kappa shape index (κ2) is 5.00. The molecule has 0 N–H and O–H groups in total. The van der Waals surface area contributed by atoms with Crippen molar-refractivity contribution in [2.75, 3.05) is 0 Å². The van der Waals surface area contributed by atoms with Crippen LogP contribution in [0.3, 0.4) is 0 Å². The van der Waals surface area contributed by atoms with E-state index in [1.54, 1.807) is 24.5 Å². The maximum Gasteiger partial charge on any atom is 0.243 e. The number of rotatable bonds is 3. The number of aryl methyl sites for hydroxylation is 1. The van der Waals surface area contributed by atoms with Gasteiger partial charge in [0.25, 0.3) is 0 Å². The van der Waals surface area contributed by atoms with E-state index in [1.807, 2.05) is 25.1 Å². The van der Waals surface area contributed by atoms with E-state index in [4.69, 9.17) is 0 Å². The van der Waals surface area contributed by atoms with Crippen LogP contribution >= 0.6 is 0 Å². The van der Waals surface area contributed by atoms with Crippen molar-refractivity contribution in [1.29, 1.82) is 0 Å². The maximum absolute atomic E-state index is 12.8. The molecule has 1 aromatic heterocycles. The van der Waals surface area contributed by atoms with Gasteiger partial charge < -0.3 is 0 Å². The zero-order valence-electron chi connectivity index (χ0n) is 11.3. The quantitative estimate of drug-likeness (QED) is 0.871. The maximum atomic E-state index is 12.8. The van der Waals surface area contributed by atoms with Crippen molar-refractivity contribution >= 4 is 10.0 Å². The monoisotopic (exact) mass is 288 g/mol. The second-order valence-corrected chi connectivity index (χ2v) is 6.79. The summed E-state index contributed by atoms with van der Waals surface area (Å²) in [4.78, 5) is 4.48. The van der Waals surface area contributed by atoms with Crippen LogP contribution in [-0.4, -0.2) is 17.7 Å². The summed E-state index contributed by atoms with van der Waals surface area (Å²) in [5, 5.41) is 0. The van der Waals surface area contributed by atoms with Crippen molar-refractivity contribution in [3.05, 3.63) is 59.4 Å². The minimum absolute atomic E-state index is 0.406. The molecular weight excluding hydrogens is 272 g/mol. The molecule has 5 heteroatoms. The molecule has 3 rings (SSSR count). The summed E-state index contributed by atoms with van der Waals surface area (Å²) < 4.78 is 27.1. The fourth-order valence-electron chi connectivity index (χ4n) is 2.55. The highest BCUT2D eigenvalue weighted by molar-refractivity contribution is 7.89. The predicted octanol–water partition coefficient (Wildman–Crippen LogP) is 2.35. The van der Waals surface area contributed by atoms with Gasteiger partial charge in [-0.15, -0.1) is 0 Å². The fraction of sp³-hybridized carbons (Fsp3) is 0.267. The molecule has 2 aromatic rings. The molecule has 0 amide bonds. The number of hydrogen-bond donors (Lipinski definition) is 0. The van der Waals surface area contributed by atoms with Crippen molar-refractivity contribution in [1.82, 2.24) is 9.29 Å². The van der Waals surface area contributed by atoms with Crippen LogP contribution in [0.4, 0.5) is 0 Å². The Morgan fingerprint density at radius 1 is 1.15 bits per heavy atom. The number of fused-ring (bicyclic) bond motifs is 1. The number of hydrogen-bond acceptors (Lipinski definition) is 3. The first kappa shape index (κ1) is 13.3. The number of aromatic nitrogens is 1. The van der Waals surface area contributed by atoms with E-state index in [2.05, 4.69) is 4.98 Å². The third-order valence-corrected chi connectivity index (χ3v) is 5.56. The largest absolute Gasteiger partial charge is 0.264 e. The third-order valence-electron chi connectivity index (χ3n) is 3.67. The van der Waals surface area contributed by atoms with E-state index < -0.39 is 10.0 Å². The summed E-state index contributed by atoms with van der Waals surface area (Å²) >= 11 is 0. The van der Waals surface area contributed by atoms with Crippen LogP contribution in [0.15, 0.2) is 47.6 Å². The predicted molar refractivity (Wildman–Crippen MR) is 76.5 cm³/mol. The van der Waals surface area contributed by atoms with Crippen LogP contribution < -0.4 is 0 Å². The summed E-state index contributed by atoms with van der Waals surface area (Å²) in [5.41, 5.74) is 2.89. The lowest BCUT2D eigenvalue weighted by Gasteiger charge is -2.17. The molecule has 0 spiro atoms. The summed E-state index contributed by atoms with van der Waals surface area (Å²) in [6, 6.07) is 9.10. The minimum Gasteiger partial charge on any atom is -0.264 e. The molecule has 0 unspecified atom stereocenters. The fourth-order valence-corrected chi connectivity index (χ4v) is 4.24. The second-order valence-electron chi connectivity index (χ2n) is 4.88. The molecule has 1 aliphatic rings. The van der Waals surface area contributed by atoms with Crippen molar-refractivity contribution in [3.63, 3.8) is 0 Å². The Kier molecular flexibility index (Phi) is 3.31. The zero-order valence-corrected chi connectivity index (χ0v) is 12.1. The van der Waals surface area contributed by atoms with E-state index in [1.165, 1.54) is 4.31 Å². The first-order valence-corrected chi connectivity index (χ1v) is 8.06. The van der Waals surface area contributed by atoms with E-state index in [0.29, 0.717) is 24.4 Å². The van der Waals surface area contributed by atoms with Gasteiger partial charge in [0.15, 0.2) is 0 Å². The Labute approximate surface area is 119 Å². The molecule has 0 radical (unpaired) electrons. The topological polar surface area (TPSA) is 50.3 Å². The van der Waals surface area contributed by atoms with Crippen LogP contribution in [0.25, 0.3) is 0 Å². The van der Waals surface area contributed by atoms with Crippen LogP contribution in [0, 0.1) is 0 Å². The molecule has 1 aliphatic heterocycles. The molecule has 104 valence electrons. The number of pyridine rings is 1. The van der Waals surface area contributed by atoms with Crippen LogP contribution in [0.5, 0.6) is 0 Å². The average molecular weight is 288 g/mol. The molecule has 0 bridgehead atoms. The number of benzene rings is 1. The van der Waals surface area contributed by atoms with Gasteiger partial charge in [-0.3, -0.25) is 4.98 Å². The highest BCUT2D eigenvalue weighted by Crippen LogP contribution is 2.29. The Morgan fingerprint density at radius 2 is 1.90 bits per heavy atom. The lowest BCUT2D eigenvalue weighted by molar-refractivity contribution is 0.431. The smallest absolute Gasteiger partial charge is 0.243 e. The summed E-state index contributed by atoms with van der Waals surface area (Å²) in [6.07, 6.45) is 4.16. The Hall–Kier alpha value is -1.72. The standard InChI is InChI=1S/C15H16N2O2S/c1-2-12-5-3-4-6-15(12)20(18,19)17-10-13-7-8-16-9-14(13)11-17/h3-9H,2,10-11H2,1H3. The van der Waals surface area contributed by atoms with Crippen molar-refractivity contribution < 1.29 is 8.42 Å². The van der Waals surface area contributed by atoms with Crippen LogP contribution in [0.1, 0.15) is 23.6 Å². The van der Waals surface area contributed by atoms with E-state index in [0.717, 1.165) is 16.7 Å². The minimum atomic E-state index is -3.44. The third kappa shape index (κ3) is 2.13. The molecule has 4 nitrogen and oxygen atoms in total. The van der Waals surface area contributed by atoms with Crippen molar-refractivity contribution in [3.8, 4) is 0 Å². The van der Waals surface area contributed by atoms with E-state index >= 15 is 0 Å². The van der Waals surface area contributed by atoms with Crippen LogP contribution in [-0.2, 0) is 29.5 Å².